The average Bonchev–Trinajstić information content (AvgIpc) is 2.39. The van der Waals surface area contributed by atoms with Crippen molar-refractivity contribution in [3.05, 3.63) is 39.4 Å². The van der Waals surface area contributed by atoms with Gasteiger partial charge in [0.15, 0.2) is 0 Å². The summed E-state index contributed by atoms with van der Waals surface area (Å²) in [5.41, 5.74) is 0.663. The van der Waals surface area contributed by atoms with Gasteiger partial charge in [0.05, 0.1) is 0 Å². The lowest BCUT2D eigenvalue weighted by Gasteiger charge is -2.17. The molecule has 0 aromatic heterocycles. The summed E-state index contributed by atoms with van der Waals surface area (Å²) in [6.07, 6.45) is 1.49. The number of amides is 1. The molecule has 19 heavy (non-hydrogen) atoms. The Bertz CT molecular complexity index is 543. The molecule has 1 aromatic rings. The zero-order valence-corrected chi connectivity index (χ0v) is 12.3. The molecule has 0 radical (unpaired) electrons. The Balaban J connectivity index is 3.13. The number of nitriles is 1. The molecule has 1 amide bonds. The molecule has 1 aromatic carbocycles. The maximum Gasteiger partial charge on any atom is 0.264 e. The highest BCUT2D eigenvalue weighted by Gasteiger charge is 2.15. The van der Waals surface area contributed by atoms with Crippen LogP contribution in [0.2, 0.25) is 10.0 Å². The second kappa shape index (κ2) is 7.18. The standard InChI is InChI=1S/C14H14Cl2N2O/c1-3-18(4-2)14(19)11(9-17)7-10-5-6-12(15)8-13(10)16/h5-8H,3-4H2,1-2H3/b11-7-. The molecule has 0 aliphatic heterocycles. The number of rotatable bonds is 4. The molecule has 0 aliphatic rings. The number of carbonyl (C=O) groups is 1. The van der Waals surface area contributed by atoms with Crippen molar-refractivity contribution >= 4 is 35.2 Å². The molecular formula is C14H14Cl2N2O. The van der Waals surface area contributed by atoms with Crippen molar-refractivity contribution in [2.24, 2.45) is 0 Å². The maximum absolute atomic E-state index is 12.1. The first-order chi connectivity index (χ1) is 9.03. The number of hydrogen-bond donors (Lipinski definition) is 0. The van der Waals surface area contributed by atoms with Crippen LogP contribution in [0.15, 0.2) is 23.8 Å². The van der Waals surface area contributed by atoms with Gasteiger partial charge in [-0.25, -0.2) is 0 Å². The third kappa shape index (κ3) is 3.99. The Labute approximate surface area is 123 Å². The molecule has 0 atom stereocenters. The largest absolute Gasteiger partial charge is 0.339 e. The monoisotopic (exact) mass is 296 g/mol. The molecule has 100 valence electrons. The van der Waals surface area contributed by atoms with E-state index in [0.29, 0.717) is 28.7 Å². The lowest BCUT2D eigenvalue weighted by molar-refractivity contribution is -0.126. The number of halogens is 2. The van der Waals surface area contributed by atoms with Gasteiger partial charge in [-0.05, 0) is 37.6 Å². The molecule has 3 nitrogen and oxygen atoms in total. The quantitative estimate of drug-likeness (QED) is 0.627. The molecule has 0 aliphatic carbocycles. The summed E-state index contributed by atoms with van der Waals surface area (Å²) in [5, 5.41) is 10.0. The fourth-order valence-corrected chi connectivity index (χ4v) is 2.06. The second-order valence-electron chi connectivity index (χ2n) is 3.81. The lowest BCUT2D eigenvalue weighted by atomic mass is 10.1. The maximum atomic E-state index is 12.1. The third-order valence-corrected chi connectivity index (χ3v) is 3.23. The van der Waals surface area contributed by atoms with Crippen molar-refractivity contribution in [1.29, 1.82) is 5.26 Å². The summed E-state index contributed by atoms with van der Waals surface area (Å²) in [7, 11) is 0. The van der Waals surface area contributed by atoms with E-state index < -0.39 is 0 Å². The van der Waals surface area contributed by atoms with E-state index in [1.54, 1.807) is 23.1 Å². The van der Waals surface area contributed by atoms with Gasteiger partial charge in [0.1, 0.15) is 11.6 Å². The molecule has 0 fully saturated rings. The third-order valence-electron chi connectivity index (χ3n) is 2.66. The van der Waals surface area contributed by atoms with E-state index in [-0.39, 0.29) is 11.5 Å². The summed E-state index contributed by atoms with van der Waals surface area (Å²) < 4.78 is 0. The smallest absolute Gasteiger partial charge is 0.264 e. The minimum absolute atomic E-state index is 0.0629. The number of likely N-dealkylation sites (N-methyl/N-ethyl adjacent to an activating group) is 1. The summed E-state index contributed by atoms with van der Waals surface area (Å²) in [6.45, 7) is 4.85. The van der Waals surface area contributed by atoms with Gasteiger partial charge >= 0.3 is 0 Å². The Morgan fingerprint density at radius 3 is 2.47 bits per heavy atom. The van der Waals surface area contributed by atoms with Crippen LogP contribution in [-0.2, 0) is 4.79 Å². The SMILES string of the molecule is CCN(CC)C(=O)/C(C#N)=C\c1ccc(Cl)cc1Cl. The number of benzene rings is 1. The summed E-state index contributed by atoms with van der Waals surface area (Å²) in [4.78, 5) is 13.7. The molecule has 0 N–H and O–H groups in total. The molecule has 0 saturated carbocycles. The van der Waals surface area contributed by atoms with E-state index in [0.717, 1.165) is 0 Å². The van der Waals surface area contributed by atoms with Crippen molar-refractivity contribution < 1.29 is 4.79 Å². The molecular weight excluding hydrogens is 283 g/mol. The zero-order valence-electron chi connectivity index (χ0n) is 10.8. The van der Waals surface area contributed by atoms with Crippen LogP contribution in [0.5, 0.6) is 0 Å². The average molecular weight is 297 g/mol. The topological polar surface area (TPSA) is 44.1 Å². The van der Waals surface area contributed by atoms with Crippen molar-refractivity contribution in [2.45, 2.75) is 13.8 Å². The summed E-state index contributed by atoms with van der Waals surface area (Å²) in [6, 6.07) is 6.84. The first-order valence-corrected chi connectivity index (χ1v) is 6.65. The summed E-state index contributed by atoms with van der Waals surface area (Å²) >= 11 is 11.8. The van der Waals surface area contributed by atoms with Gasteiger partial charge in [0.2, 0.25) is 0 Å². The highest BCUT2D eigenvalue weighted by atomic mass is 35.5. The van der Waals surface area contributed by atoms with Gasteiger partial charge < -0.3 is 4.90 Å². The van der Waals surface area contributed by atoms with Crippen molar-refractivity contribution in [3.63, 3.8) is 0 Å². The normalized spacial score (nSPS) is 11.0. The van der Waals surface area contributed by atoms with Crippen molar-refractivity contribution in [2.75, 3.05) is 13.1 Å². The first-order valence-electron chi connectivity index (χ1n) is 5.89. The van der Waals surface area contributed by atoms with E-state index >= 15 is 0 Å². The van der Waals surface area contributed by atoms with E-state index in [9.17, 15) is 4.79 Å². The van der Waals surface area contributed by atoms with Crippen molar-refractivity contribution in [1.82, 2.24) is 4.90 Å². The fourth-order valence-electron chi connectivity index (χ4n) is 1.60. The molecule has 0 spiro atoms. The van der Waals surface area contributed by atoms with Crippen LogP contribution in [0.4, 0.5) is 0 Å². The van der Waals surface area contributed by atoms with Crippen LogP contribution >= 0.6 is 23.2 Å². The molecule has 0 saturated heterocycles. The van der Waals surface area contributed by atoms with Gasteiger partial charge in [-0.2, -0.15) is 5.26 Å². The predicted molar refractivity (Wildman–Crippen MR) is 78.0 cm³/mol. The van der Waals surface area contributed by atoms with Gasteiger partial charge in [0.25, 0.3) is 5.91 Å². The van der Waals surface area contributed by atoms with Crippen LogP contribution in [0.3, 0.4) is 0 Å². The zero-order chi connectivity index (χ0) is 14.4. The van der Waals surface area contributed by atoms with Gasteiger partial charge in [-0.15, -0.1) is 0 Å². The fraction of sp³-hybridized carbons (Fsp3) is 0.286. The molecule has 0 heterocycles. The van der Waals surface area contributed by atoms with E-state index in [1.165, 1.54) is 6.08 Å². The number of carbonyl (C=O) groups excluding carboxylic acids is 1. The van der Waals surface area contributed by atoms with Crippen LogP contribution in [-0.4, -0.2) is 23.9 Å². The minimum Gasteiger partial charge on any atom is -0.339 e. The van der Waals surface area contributed by atoms with Crippen molar-refractivity contribution in [3.8, 4) is 6.07 Å². The van der Waals surface area contributed by atoms with Crippen LogP contribution in [0, 0.1) is 11.3 Å². The Hall–Kier alpha value is -1.50. The summed E-state index contributed by atoms with van der Waals surface area (Å²) in [5.74, 6) is -0.293. The predicted octanol–water partition coefficient (Wildman–Crippen LogP) is 3.77. The van der Waals surface area contributed by atoms with Gasteiger partial charge in [0, 0.05) is 23.1 Å². The van der Waals surface area contributed by atoms with E-state index in [1.807, 2.05) is 19.9 Å². The molecule has 1 rings (SSSR count). The second-order valence-corrected chi connectivity index (χ2v) is 4.66. The van der Waals surface area contributed by atoms with Crippen LogP contribution < -0.4 is 0 Å². The Kier molecular flexibility index (Phi) is 5.88. The highest BCUT2D eigenvalue weighted by molar-refractivity contribution is 6.35. The first kappa shape index (κ1) is 15.6. The number of hydrogen-bond acceptors (Lipinski definition) is 2. The Morgan fingerprint density at radius 1 is 1.37 bits per heavy atom. The van der Waals surface area contributed by atoms with Crippen LogP contribution in [0.25, 0.3) is 6.08 Å². The lowest BCUT2D eigenvalue weighted by Crippen LogP contribution is -2.31. The minimum atomic E-state index is -0.293. The molecule has 5 heteroatoms. The van der Waals surface area contributed by atoms with Crippen LogP contribution in [0.1, 0.15) is 19.4 Å². The highest BCUT2D eigenvalue weighted by Crippen LogP contribution is 2.23. The molecule has 0 unspecified atom stereocenters. The molecule has 0 bridgehead atoms. The number of nitrogens with zero attached hydrogens (tertiary/aromatic N) is 2. The van der Waals surface area contributed by atoms with E-state index in [2.05, 4.69) is 0 Å². The van der Waals surface area contributed by atoms with E-state index in [4.69, 9.17) is 28.5 Å². The van der Waals surface area contributed by atoms with Gasteiger partial charge in [-0.1, -0.05) is 29.3 Å². The Morgan fingerprint density at radius 2 is 2.00 bits per heavy atom. The van der Waals surface area contributed by atoms with Gasteiger partial charge in [-0.3, -0.25) is 4.79 Å².